The fraction of sp³-hybridized carbons (Fsp3) is 0.154. The number of aromatic nitrogens is 4. The molecule has 0 saturated carbocycles. The van der Waals surface area contributed by atoms with E-state index >= 15 is 0 Å². The third-order valence-corrected chi connectivity index (χ3v) is 2.90. The van der Waals surface area contributed by atoms with Gasteiger partial charge < -0.3 is 5.73 Å². The second-order valence-electron chi connectivity index (χ2n) is 4.04. The highest BCUT2D eigenvalue weighted by molar-refractivity contribution is 5.87. The molecule has 0 unspecified atom stereocenters. The molecule has 3 aromatic rings. The van der Waals surface area contributed by atoms with Crippen molar-refractivity contribution in [3.63, 3.8) is 0 Å². The van der Waals surface area contributed by atoms with Gasteiger partial charge in [-0.05, 0) is 18.2 Å². The SMILES string of the molecule is CCc1nccn1-c1ncnc2ccc(N)cc12. The van der Waals surface area contributed by atoms with Crippen LogP contribution in [0.25, 0.3) is 16.7 Å². The van der Waals surface area contributed by atoms with E-state index < -0.39 is 0 Å². The number of nitrogens with two attached hydrogens (primary N) is 1. The Morgan fingerprint density at radius 2 is 2.11 bits per heavy atom. The number of nitrogens with zero attached hydrogens (tertiary/aromatic N) is 4. The van der Waals surface area contributed by atoms with Gasteiger partial charge in [-0.3, -0.25) is 4.57 Å². The van der Waals surface area contributed by atoms with Crippen LogP contribution in [0, 0.1) is 0 Å². The van der Waals surface area contributed by atoms with Gasteiger partial charge in [0.2, 0.25) is 0 Å². The van der Waals surface area contributed by atoms with E-state index in [4.69, 9.17) is 5.73 Å². The molecule has 0 aliphatic carbocycles. The van der Waals surface area contributed by atoms with Gasteiger partial charge in [-0.1, -0.05) is 6.92 Å². The van der Waals surface area contributed by atoms with E-state index in [0.717, 1.165) is 29.0 Å². The summed E-state index contributed by atoms with van der Waals surface area (Å²) in [5.74, 6) is 1.79. The fourth-order valence-corrected chi connectivity index (χ4v) is 2.04. The zero-order valence-corrected chi connectivity index (χ0v) is 10.0. The molecule has 2 N–H and O–H groups in total. The number of benzene rings is 1. The van der Waals surface area contributed by atoms with Gasteiger partial charge in [-0.25, -0.2) is 15.0 Å². The van der Waals surface area contributed by atoms with E-state index in [1.165, 1.54) is 0 Å². The maximum atomic E-state index is 5.84. The Hall–Kier alpha value is -2.43. The number of fused-ring (bicyclic) bond motifs is 1. The van der Waals surface area contributed by atoms with Crippen molar-refractivity contribution in [2.75, 3.05) is 5.73 Å². The summed E-state index contributed by atoms with van der Waals surface area (Å²) in [5, 5.41) is 0.935. The fourth-order valence-electron chi connectivity index (χ4n) is 2.04. The molecule has 0 saturated heterocycles. The van der Waals surface area contributed by atoms with Crippen LogP contribution in [0.2, 0.25) is 0 Å². The first-order valence-corrected chi connectivity index (χ1v) is 5.82. The first-order valence-electron chi connectivity index (χ1n) is 5.82. The summed E-state index contributed by atoms with van der Waals surface area (Å²) >= 11 is 0. The van der Waals surface area contributed by atoms with Gasteiger partial charge >= 0.3 is 0 Å². The molecular weight excluding hydrogens is 226 g/mol. The summed E-state index contributed by atoms with van der Waals surface area (Å²) in [5.41, 5.74) is 7.42. The van der Waals surface area contributed by atoms with Crippen LogP contribution in [0.1, 0.15) is 12.7 Å². The van der Waals surface area contributed by atoms with Crippen LogP contribution in [0.4, 0.5) is 5.69 Å². The molecule has 0 radical (unpaired) electrons. The van der Waals surface area contributed by atoms with E-state index in [-0.39, 0.29) is 0 Å². The number of imidazole rings is 1. The minimum absolute atomic E-state index is 0.705. The second kappa shape index (κ2) is 4.10. The van der Waals surface area contributed by atoms with Crippen LogP contribution >= 0.6 is 0 Å². The standard InChI is InChI=1S/C13H13N5/c1-2-12-15-5-6-18(12)13-10-7-9(14)3-4-11(10)16-8-17-13/h3-8H,2,14H2,1H3. The number of nitrogen functional groups attached to an aromatic ring is 1. The molecule has 0 fully saturated rings. The normalized spacial score (nSPS) is 10.9. The molecule has 2 heterocycles. The van der Waals surface area contributed by atoms with Gasteiger partial charge in [0.15, 0.2) is 0 Å². The van der Waals surface area contributed by atoms with Gasteiger partial charge in [-0.15, -0.1) is 0 Å². The van der Waals surface area contributed by atoms with Crippen LogP contribution in [-0.4, -0.2) is 19.5 Å². The summed E-state index contributed by atoms with van der Waals surface area (Å²) in [4.78, 5) is 12.9. The van der Waals surface area contributed by atoms with E-state index in [1.807, 2.05) is 29.0 Å². The number of rotatable bonds is 2. The molecule has 0 aliphatic heterocycles. The third-order valence-electron chi connectivity index (χ3n) is 2.90. The number of aryl methyl sites for hydroxylation is 1. The zero-order valence-electron chi connectivity index (χ0n) is 10.0. The first kappa shape index (κ1) is 10.7. The van der Waals surface area contributed by atoms with E-state index in [1.54, 1.807) is 12.5 Å². The van der Waals surface area contributed by atoms with Crippen LogP contribution < -0.4 is 5.73 Å². The van der Waals surface area contributed by atoms with Crippen molar-refractivity contribution in [3.05, 3.63) is 42.7 Å². The lowest BCUT2D eigenvalue weighted by atomic mass is 10.2. The predicted molar refractivity (Wildman–Crippen MR) is 70.5 cm³/mol. The number of anilines is 1. The van der Waals surface area contributed by atoms with E-state index in [2.05, 4.69) is 21.9 Å². The van der Waals surface area contributed by atoms with Crippen molar-refractivity contribution >= 4 is 16.6 Å². The minimum atomic E-state index is 0.705. The molecule has 5 nitrogen and oxygen atoms in total. The first-order chi connectivity index (χ1) is 8.79. The van der Waals surface area contributed by atoms with Crippen molar-refractivity contribution in [2.24, 2.45) is 0 Å². The molecule has 2 aromatic heterocycles. The second-order valence-corrected chi connectivity index (χ2v) is 4.04. The topological polar surface area (TPSA) is 69.6 Å². The molecule has 0 spiro atoms. The highest BCUT2D eigenvalue weighted by atomic mass is 15.1. The van der Waals surface area contributed by atoms with Gasteiger partial charge in [-0.2, -0.15) is 0 Å². The summed E-state index contributed by atoms with van der Waals surface area (Å²) < 4.78 is 1.98. The average molecular weight is 239 g/mol. The Labute approximate surface area is 104 Å². The van der Waals surface area contributed by atoms with E-state index in [9.17, 15) is 0 Å². The molecule has 1 aromatic carbocycles. The highest BCUT2D eigenvalue weighted by Crippen LogP contribution is 2.21. The minimum Gasteiger partial charge on any atom is -0.399 e. The molecule has 90 valence electrons. The monoisotopic (exact) mass is 239 g/mol. The summed E-state index contributed by atoms with van der Waals surface area (Å²) in [6.07, 6.45) is 6.09. The van der Waals surface area contributed by atoms with Crippen molar-refractivity contribution in [1.82, 2.24) is 19.5 Å². The third kappa shape index (κ3) is 1.60. The summed E-state index contributed by atoms with van der Waals surface area (Å²) in [6, 6.07) is 5.64. The number of hydrogen-bond donors (Lipinski definition) is 1. The summed E-state index contributed by atoms with van der Waals surface area (Å²) in [7, 11) is 0. The molecule has 5 heteroatoms. The molecule has 0 bridgehead atoms. The number of hydrogen-bond acceptors (Lipinski definition) is 4. The Bertz CT molecular complexity index is 701. The Morgan fingerprint density at radius 3 is 2.94 bits per heavy atom. The molecule has 3 rings (SSSR count). The van der Waals surface area contributed by atoms with Crippen molar-refractivity contribution in [1.29, 1.82) is 0 Å². The van der Waals surface area contributed by atoms with Crippen LogP contribution in [-0.2, 0) is 6.42 Å². The quantitative estimate of drug-likeness (QED) is 0.694. The lowest BCUT2D eigenvalue weighted by Gasteiger charge is -2.08. The van der Waals surface area contributed by atoms with Crippen LogP contribution in [0.5, 0.6) is 0 Å². The largest absolute Gasteiger partial charge is 0.399 e. The average Bonchev–Trinajstić information content (AvgIpc) is 2.86. The lowest BCUT2D eigenvalue weighted by molar-refractivity contribution is 0.870. The maximum absolute atomic E-state index is 5.84. The zero-order chi connectivity index (χ0) is 12.5. The van der Waals surface area contributed by atoms with Gasteiger partial charge in [0.05, 0.1) is 5.52 Å². The summed E-state index contributed by atoms with van der Waals surface area (Å²) in [6.45, 7) is 2.07. The Kier molecular flexibility index (Phi) is 2.44. The molecule has 18 heavy (non-hydrogen) atoms. The van der Waals surface area contributed by atoms with Crippen LogP contribution in [0.15, 0.2) is 36.9 Å². The van der Waals surface area contributed by atoms with Crippen molar-refractivity contribution < 1.29 is 0 Å². The van der Waals surface area contributed by atoms with Crippen LogP contribution in [0.3, 0.4) is 0 Å². The smallest absolute Gasteiger partial charge is 0.149 e. The maximum Gasteiger partial charge on any atom is 0.149 e. The lowest BCUT2D eigenvalue weighted by Crippen LogP contribution is -2.03. The van der Waals surface area contributed by atoms with Crippen molar-refractivity contribution in [3.8, 4) is 5.82 Å². The van der Waals surface area contributed by atoms with Crippen molar-refractivity contribution in [2.45, 2.75) is 13.3 Å². The molecule has 0 amide bonds. The highest BCUT2D eigenvalue weighted by Gasteiger charge is 2.09. The van der Waals surface area contributed by atoms with Gasteiger partial charge in [0.25, 0.3) is 0 Å². The molecule has 0 atom stereocenters. The molecular formula is C13H13N5. The molecule has 0 aliphatic rings. The Balaban J connectivity index is 2.32. The van der Waals surface area contributed by atoms with Gasteiger partial charge in [0.1, 0.15) is 18.0 Å². The van der Waals surface area contributed by atoms with E-state index in [0.29, 0.717) is 5.69 Å². The van der Waals surface area contributed by atoms with Gasteiger partial charge in [0, 0.05) is 29.9 Å². The predicted octanol–water partition coefficient (Wildman–Crippen LogP) is 1.96. The Morgan fingerprint density at radius 1 is 1.22 bits per heavy atom.